The number of aromatic nitrogens is 3. The molecule has 7 nitrogen and oxygen atoms in total. The smallest absolute Gasteiger partial charge is 0.224 e. The summed E-state index contributed by atoms with van der Waals surface area (Å²) in [4.78, 5) is 25.5. The Hall–Kier alpha value is -4.07. The molecule has 0 aliphatic carbocycles. The molecule has 2 aromatic heterocycles. The molecule has 0 bridgehead atoms. The first-order valence-electron chi connectivity index (χ1n) is 10.4. The molecule has 4 aromatic rings. The molecule has 0 atom stereocenters. The highest BCUT2D eigenvalue weighted by Gasteiger charge is 2.25. The number of rotatable bonds is 7. The van der Waals surface area contributed by atoms with Crippen LogP contribution >= 0.6 is 0 Å². The fourth-order valence-corrected chi connectivity index (χ4v) is 3.34. The first kappa shape index (κ1) is 22.1. The number of primary amides is 1. The number of nitrogens with one attached hydrogen (secondary N) is 1. The van der Waals surface area contributed by atoms with Gasteiger partial charge in [0.1, 0.15) is 22.9 Å². The van der Waals surface area contributed by atoms with Crippen molar-refractivity contribution < 1.29 is 13.9 Å². The molecule has 2 heterocycles. The molecule has 33 heavy (non-hydrogen) atoms. The van der Waals surface area contributed by atoms with Crippen LogP contribution < -0.4 is 15.8 Å². The zero-order chi connectivity index (χ0) is 23.6. The van der Waals surface area contributed by atoms with Gasteiger partial charge >= 0.3 is 0 Å². The lowest BCUT2D eigenvalue weighted by Gasteiger charge is -2.22. The molecule has 0 fully saturated rings. The normalized spacial score (nSPS) is 11.4. The minimum absolute atomic E-state index is 0.257. The van der Waals surface area contributed by atoms with E-state index in [1.54, 1.807) is 45.5 Å². The quantitative estimate of drug-likeness (QED) is 0.436. The number of carbonyl (C=O) groups is 1. The van der Waals surface area contributed by atoms with Crippen LogP contribution in [0.2, 0.25) is 0 Å². The number of ether oxygens (including phenoxy) is 1. The lowest BCUT2D eigenvalue weighted by molar-refractivity contribution is -0.125. The van der Waals surface area contributed by atoms with Crippen molar-refractivity contribution in [3.8, 4) is 28.3 Å². The Labute approximate surface area is 190 Å². The highest BCUT2D eigenvalue weighted by atomic mass is 19.1. The zero-order valence-corrected chi connectivity index (χ0v) is 18.6. The molecule has 0 saturated heterocycles. The maximum Gasteiger partial charge on any atom is 0.224 e. The third-order valence-corrected chi connectivity index (χ3v) is 5.43. The molecule has 0 radical (unpaired) electrons. The molecule has 0 spiro atoms. The molecule has 1 amide bonds. The van der Waals surface area contributed by atoms with E-state index in [0.717, 1.165) is 11.1 Å². The summed E-state index contributed by atoms with van der Waals surface area (Å²) in [5.74, 6) is 0.697. The number of carbonyl (C=O) groups excluding carboxylic acids is 1. The number of hydrogen-bond donors (Lipinski definition) is 2. The van der Waals surface area contributed by atoms with Gasteiger partial charge in [0, 0.05) is 29.9 Å². The second-order valence-corrected chi connectivity index (χ2v) is 8.32. The summed E-state index contributed by atoms with van der Waals surface area (Å²) in [5.41, 5.74) is 7.48. The largest absolute Gasteiger partial charge is 0.494 e. The van der Waals surface area contributed by atoms with Gasteiger partial charge in [-0.3, -0.25) is 9.78 Å². The number of anilines is 1. The Bertz CT molecular complexity index is 1330. The molecule has 4 rings (SSSR count). The molecule has 0 aliphatic heterocycles. The number of fused-ring (bicyclic) bond motifs is 1. The van der Waals surface area contributed by atoms with Gasteiger partial charge in [-0.05, 0) is 61.4 Å². The molecule has 3 N–H and O–H groups in total. The van der Waals surface area contributed by atoms with Gasteiger partial charge in [0.15, 0.2) is 5.82 Å². The second-order valence-electron chi connectivity index (χ2n) is 8.32. The van der Waals surface area contributed by atoms with Crippen LogP contribution in [0.1, 0.15) is 13.8 Å². The van der Waals surface area contributed by atoms with Crippen LogP contribution in [0.5, 0.6) is 5.75 Å². The fraction of sp³-hybridized carbons (Fsp3) is 0.200. The zero-order valence-electron chi connectivity index (χ0n) is 18.6. The van der Waals surface area contributed by atoms with Crippen LogP contribution in [-0.4, -0.2) is 34.5 Å². The van der Waals surface area contributed by atoms with E-state index in [1.807, 2.05) is 24.3 Å². The summed E-state index contributed by atoms with van der Waals surface area (Å²) in [7, 11) is 1.55. The molecule has 0 saturated carbocycles. The van der Waals surface area contributed by atoms with Gasteiger partial charge in [-0.1, -0.05) is 12.1 Å². The monoisotopic (exact) mass is 445 g/mol. The van der Waals surface area contributed by atoms with Gasteiger partial charge in [-0.25, -0.2) is 14.4 Å². The predicted octanol–water partition coefficient (Wildman–Crippen LogP) is 4.43. The summed E-state index contributed by atoms with van der Waals surface area (Å²) < 4.78 is 19.5. The van der Waals surface area contributed by atoms with Crippen LogP contribution in [0.25, 0.3) is 33.4 Å². The lowest BCUT2D eigenvalue weighted by Crippen LogP contribution is -2.37. The van der Waals surface area contributed by atoms with E-state index >= 15 is 0 Å². The van der Waals surface area contributed by atoms with Crippen molar-refractivity contribution in [1.82, 2.24) is 15.0 Å². The van der Waals surface area contributed by atoms with Crippen LogP contribution in [0.3, 0.4) is 0 Å². The third kappa shape index (κ3) is 4.59. The molecule has 0 aliphatic rings. The molecule has 168 valence electrons. The lowest BCUT2D eigenvalue weighted by atomic mass is 9.92. The van der Waals surface area contributed by atoms with Crippen molar-refractivity contribution in [2.75, 3.05) is 19.0 Å². The first-order chi connectivity index (χ1) is 15.8. The summed E-state index contributed by atoms with van der Waals surface area (Å²) in [6.07, 6.45) is 3.34. The van der Waals surface area contributed by atoms with E-state index < -0.39 is 11.3 Å². The number of halogens is 1. The van der Waals surface area contributed by atoms with Gasteiger partial charge in [0.25, 0.3) is 0 Å². The molecular formula is C25H24FN5O2. The van der Waals surface area contributed by atoms with Crippen molar-refractivity contribution in [2.45, 2.75) is 13.8 Å². The highest BCUT2D eigenvalue weighted by Crippen LogP contribution is 2.36. The van der Waals surface area contributed by atoms with E-state index in [4.69, 9.17) is 20.4 Å². The van der Waals surface area contributed by atoms with Crippen LogP contribution in [0.4, 0.5) is 10.2 Å². The Kier molecular flexibility index (Phi) is 5.91. The predicted molar refractivity (Wildman–Crippen MR) is 126 cm³/mol. The van der Waals surface area contributed by atoms with E-state index in [-0.39, 0.29) is 12.4 Å². The maximum absolute atomic E-state index is 13.9. The average Bonchev–Trinajstić information content (AvgIpc) is 2.82. The summed E-state index contributed by atoms with van der Waals surface area (Å²) in [5, 5.41) is 3.93. The summed E-state index contributed by atoms with van der Waals surface area (Å²) in [6.45, 7) is 3.77. The minimum atomic E-state index is -0.810. The maximum atomic E-state index is 13.9. The van der Waals surface area contributed by atoms with E-state index in [9.17, 15) is 9.18 Å². The number of pyridine rings is 1. The average molecular weight is 445 g/mol. The standard InChI is InChI=1S/C25H24FN5O2/c1-25(2,24(27)32)14-29-23-19-11-17(15-6-4-8-18(26)10-15)12-20(33-3)21(19)30-22(31-23)16-7-5-9-28-13-16/h4-13H,14H2,1-3H3,(H2,27,32)(H,29,30,31). The number of amides is 1. The van der Waals surface area contributed by atoms with Crippen LogP contribution in [-0.2, 0) is 4.79 Å². The Morgan fingerprint density at radius 3 is 2.55 bits per heavy atom. The topological polar surface area (TPSA) is 103 Å². The number of benzene rings is 2. The van der Waals surface area contributed by atoms with E-state index in [1.165, 1.54) is 12.1 Å². The summed E-state index contributed by atoms with van der Waals surface area (Å²) in [6, 6.07) is 13.7. The van der Waals surface area contributed by atoms with Gasteiger partial charge < -0.3 is 15.8 Å². The Morgan fingerprint density at radius 1 is 1.09 bits per heavy atom. The third-order valence-electron chi connectivity index (χ3n) is 5.43. The molecular weight excluding hydrogens is 421 g/mol. The van der Waals surface area contributed by atoms with Crippen LogP contribution in [0, 0.1) is 11.2 Å². The fourth-order valence-electron chi connectivity index (χ4n) is 3.34. The van der Waals surface area contributed by atoms with Gasteiger partial charge in [0.05, 0.1) is 12.5 Å². The number of methoxy groups -OCH3 is 1. The van der Waals surface area contributed by atoms with Crippen LogP contribution in [0.15, 0.2) is 60.9 Å². The van der Waals surface area contributed by atoms with E-state index in [0.29, 0.717) is 33.9 Å². The van der Waals surface area contributed by atoms with Crippen molar-refractivity contribution in [1.29, 1.82) is 0 Å². The Balaban J connectivity index is 1.93. The van der Waals surface area contributed by atoms with Gasteiger partial charge in [-0.2, -0.15) is 0 Å². The van der Waals surface area contributed by atoms with Crippen molar-refractivity contribution in [2.24, 2.45) is 11.1 Å². The van der Waals surface area contributed by atoms with Crippen molar-refractivity contribution >= 4 is 22.6 Å². The molecule has 8 heteroatoms. The van der Waals surface area contributed by atoms with Gasteiger partial charge in [-0.15, -0.1) is 0 Å². The highest BCUT2D eigenvalue weighted by molar-refractivity contribution is 5.98. The van der Waals surface area contributed by atoms with Crippen molar-refractivity contribution in [3.63, 3.8) is 0 Å². The van der Waals surface area contributed by atoms with E-state index in [2.05, 4.69) is 10.3 Å². The number of hydrogen-bond acceptors (Lipinski definition) is 6. The second kappa shape index (κ2) is 8.82. The number of nitrogens with zero attached hydrogens (tertiary/aromatic N) is 3. The van der Waals surface area contributed by atoms with Crippen molar-refractivity contribution in [3.05, 3.63) is 66.7 Å². The summed E-state index contributed by atoms with van der Waals surface area (Å²) >= 11 is 0. The molecule has 0 unspecified atom stereocenters. The first-order valence-corrected chi connectivity index (χ1v) is 10.4. The SMILES string of the molecule is COc1cc(-c2cccc(F)c2)cc2c(NCC(C)(C)C(N)=O)nc(-c3cccnc3)nc12. The number of nitrogens with two attached hydrogens (primary N) is 1. The molecule has 2 aromatic carbocycles. The van der Waals surface area contributed by atoms with Gasteiger partial charge in [0.2, 0.25) is 5.91 Å². The Morgan fingerprint density at radius 2 is 1.88 bits per heavy atom. The minimum Gasteiger partial charge on any atom is -0.494 e.